The van der Waals surface area contributed by atoms with Gasteiger partial charge in [-0.25, -0.2) is 13.1 Å². The zero-order valence-electron chi connectivity index (χ0n) is 9.63. The maximum atomic E-state index is 11.9. The van der Waals surface area contributed by atoms with Crippen LogP contribution in [0, 0.1) is 6.92 Å². The van der Waals surface area contributed by atoms with Gasteiger partial charge < -0.3 is 10.2 Å². The molecule has 0 aliphatic rings. The van der Waals surface area contributed by atoms with Crippen molar-refractivity contribution in [2.45, 2.75) is 24.3 Å². The molecule has 0 spiro atoms. The van der Waals surface area contributed by atoms with Crippen molar-refractivity contribution in [3.05, 3.63) is 29.8 Å². The minimum Gasteiger partial charge on any atom is -0.396 e. The normalized spacial score (nSPS) is 13.6. The summed E-state index contributed by atoms with van der Waals surface area (Å²) in [5.74, 6) is 0. The van der Waals surface area contributed by atoms with Gasteiger partial charge in [0, 0.05) is 12.6 Å². The molecule has 0 saturated carbocycles. The molecule has 3 N–H and O–H groups in total. The zero-order chi connectivity index (χ0) is 12.9. The Balaban J connectivity index is 2.84. The second kappa shape index (κ2) is 6.11. The Morgan fingerprint density at radius 1 is 1.24 bits per heavy atom. The van der Waals surface area contributed by atoms with Crippen molar-refractivity contribution in [2.24, 2.45) is 0 Å². The van der Waals surface area contributed by atoms with Gasteiger partial charge in [-0.2, -0.15) is 0 Å². The highest BCUT2D eigenvalue weighted by Crippen LogP contribution is 2.10. The lowest BCUT2D eigenvalue weighted by Gasteiger charge is -2.15. The molecule has 17 heavy (non-hydrogen) atoms. The van der Waals surface area contributed by atoms with Crippen LogP contribution in [-0.2, 0) is 10.0 Å². The predicted molar refractivity (Wildman–Crippen MR) is 64.1 cm³/mol. The van der Waals surface area contributed by atoms with Crippen LogP contribution in [0.1, 0.15) is 12.0 Å². The molecule has 6 heteroatoms. The average molecular weight is 259 g/mol. The SMILES string of the molecule is Cc1ccc(S(=O)(=O)N[C@H](CO)CCO)cc1. The van der Waals surface area contributed by atoms with E-state index in [1.165, 1.54) is 12.1 Å². The quantitative estimate of drug-likeness (QED) is 0.672. The highest BCUT2D eigenvalue weighted by atomic mass is 32.2. The Morgan fingerprint density at radius 3 is 2.29 bits per heavy atom. The summed E-state index contributed by atoms with van der Waals surface area (Å²) in [5.41, 5.74) is 0.970. The van der Waals surface area contributed by atoms with E-state index in [0.29, 0.717) is 0 Å². The molecule has 0 fully saturated rings. The van der Waals surface area contributed by atoms with Gasteiger partial charge in [-0.3, -0.25) is 0 Å². The molecule has 0 amide bonds. The van der Waals surface area contributed by atoms with Crippen molar-refractivity contribution in [1.29, 1.82) is 0 Å². The van der Waals surface area contributed by atoms with Gasteiger partial charge in [0.25, 0.3) is 0 Å². The van der Waals surface area contributed by atoms with Crippen LogP contribution in [-0.4, -0.2) is 37.9 Å². The summed E-state index contributed by atoms with van der Waals surface area (Å²) in [4.78, 5) is 0.152. The fourth-order valence-electron chi connectivity index (χ4n) is 1.35. The molecule has 0 bridgehead atoms. The molecule has 1 rings (SSSR count). The lowest BCUT2D eigenvalue weighted by molar-refractivity contribution is 0.213. The van der Waals surface area contributed by atoms with E-state index in [1.54, 1.807) is 12.1 Å². The second-order valence-corrected chi connectivity index (χ2v) is 5.54. The van der Waals surface area contributed by atoms with Crippen LogP contribution < -0.4 is 4.72 Å². The fourth-order valence-corrected chi connectivity index (χ4v) is 2.61. The maximum absolute atomic E-state index is 11.9. The van der Waals surface area contributed by atoms with Gasteiger partial charge in [0.2, 0.25) is 10.0 Å². The molecule has 0 unspecified atom stereocenters. The average Bonchev–Trinajstić information content (AvgIpc) is 2.28. The zero-order valence-corrected chi connectivity index (χ0v) is 10.4. The van der Waals surface area contributed by atoms with Crippen LogP contribution in [0.4, 0.5) is 0 Å². The molecule has 0 aliphatic carbocycles. The molecular formula is C11H17NO4S. The Hall–Kier alpha value is -0.950. The lowest BCUT2D eigenvalue weighted by Crippen LogP contribution is -2.38. The van der Waals surface area contributed by atoms with Crippen LogP contribution in [0.5, 0.6) is 0 Å². The van der Waals surface area contributed by atoms with Crippen LogP contribution >= 0.6 is 0 Å². The minimum atomic E-state index is -3.63. The van der Waals surface area contributed by atoms with Crippen LogP contribution in [0.2, 0.25) is 0 Å². The standard InChI is InChI=1S/C11H17NO4S/c1-9-2-4-11(5-3-9)17(15,16)12-10(8-14)6-7-13/h2-5,10,12-14H,6-8H2,1H3/t10-/m0/s1. The molecule has 5 nitrogen and oxygen atoms in total. The molecule has 96 valence electrons. The van der Waals surface area contributed by atoms with E-state index in [2.05, 4.69) is 4.72 Å². The van der Waals surface area contributed by atoms with Gasteiger partial charge in [0.05, 0.1) is 11.5 Å². The first-order chi connectivity index (χ1) is 7.99. The van der Waals surface area contributed by atoms with Crippen LogP contribution in [0.15, 0.2) is 29.2 Å². The number of nitrogens with one attached hydrogen (secondary N) is 1. The van der Waals surface area contributed by atoms with Crippen LogP contribution in [0.25, 0.3) is 0 Å². The van der Waals surface area contributed by atoms with E-state index in [1.807, 2.05) is 6.92 Å². The van der Waals surface area contributed by atoms with Gasteiger partial charge in [-0.15, -0.1) is 0 Å². The molecular weight excluding hydrogens is 242 g/mol. The minimum absolute atomic E-state index is 0.152. The number of aliphatic hydroxyl groups excluding tert-OH is 2. The molecule has 0 heterocycles. The van der Waals surface area contributed by atoms with E-state index < -0.39 is 16.1 Å². The number of hydrogen-bond donors (Lipinski definition) is 3. The van der Waals surface area contributed by atoms with Crippen molar-refractivity contribution in [3.63, 3.8) is 0 Å². The first-order valence-corrected chi connectivity index (χ1v) is 6.78. The number of aliphatic hydroxyl groups is 2. The van der Waals surface area contributed by atoms with E-state index in [-0.39, 0.29) is 24.5 Å². The summed E-state index contributed by atoms with van der Waals surface area (Å²) in [5, 5.41) is 17.7. The highest BCUT2D eigenvalue weighted by Gasteiger charge is 2.18. The third kappa shape index (κ3) is 4.08. The summed E-state index contributed by atoms with van der Waals surface area (Å²) in [7, 11) is -3.63. The molecule has 1 aromatic carbocycles. The van der Waals surface area contributed by atoms with Gasteiger partial charge >= 0.3 is 0 Å². The third-order valence-electron chi connectivity index (χ3n) is 2.35. The highest BCUT2D eigenvalue weighted by molar-refractivity contribution is 7.89. The Bertz CT molecular complexity index is 441. The molecule has 0 radical (unpaired) electrons. The van der Waals surface area contributed by atoms with E-state index in [9.17, 15) is 8.42 Å². The number of hydrogen-bond acceptors (Lipinski definition) is 4. The topological polar surface area (TPSA) is 86.6 Å². The molecule has 1 atom stereocenters. The van der Waals surface area contributed by atoms with E-state index in [0.717, 1.165) is 5.56 Å². The van der Waals surface area contributed by atoms with Gasteiger partial charge in [0.15, 0.2) is 0 Å². The lowest BCUT2D eigenvalue weighted by atomic mass is 10.2. The first-order valence-electron chi connectivity index (χ1n) is 5.30. The largest absolute Gasteiger partial charge is 0.396 e. The van der Waals surface area contributed by atoms with Crippen molar-refractivity contribution >= 4 is 10.0 Å². The molecule has 0 saturated heterocycles. The van der Waals surface area contributed by atoms with Crippen molar-refractivity contribution in [3.8, 4) is 0 Å². The number of aryl methyl sites for hydroxylation is 1. The van der Waals surface area contributed by atoms with E-state index >= 15 is 0 Å². The Morgan fingerprint density at radius 2 is 1.82 bits per heavy atom. The number of benzene rings is 1. The second-order valence-electron chi connectivity index (χ2n) is 3.83. The van der Waals surface area contributed by atoms with Gasteiger partial charge in [0.1, 0.15) is 0 Å². The third-order valence-corrected chi connectivity index (χ3v) is 3.89. The van der Waals surface area contributed by atoms with Crippen LogP contribution in [0.3, 0.4) is 0 Å². The maximum Gasteiger partial charge on any atom is 0.240 e. The van der Waals surface area contributed by atoms with E-state index in [4.69, 9.17) is 10.2 Å². The Kier molecular flexibility index (Phi) is 5.07. The summed E-state index contributed by atoms with van der Waals surface area (Å²) < 4.78 is 26.1. The van der Waals surface area contributed by atoms with Crippen molar-refractivity contribution < 1.29 is 18.6 Å². The smallest absolute Gasteiger partial charge is 0.240 e. The predicted octanol–water partition coefficient (Wildman–Crippen LogP) is 0.0166. The molecule has 0 aliphatic heterocycles. The fraction of sp³-hybridized carbons (Fsp3) is 0.455. The summed E-state index contributed by atoms with van der Waals surface area (Å²) >= 11 is 0. The Labute approximate surface area is 101 Å². The molecule has 0 aromatic heterocycles. The van der Waals surface area contributed by atoms with Crippen molar-refractivity contribution in [1.82, 2.24) is 4.72 Å². The molecule has 1 aromatic rings. The number of rotatable bonds is 6. The van der Waals surface area contributed by atoms with Gasteiger partial charge in [-0.05, 0) is 25.5 Å². The monoisotopic (exact) mass is 259 g/mol. The van der Waals surface area contributed by atoms with Crippen molar-refractivity contribution in [2.75, 3.05) is 13.2 Å². The van der Waals surface area contributed by atoms with Gasteiger partial charge in [-0.1, -0.05) is 17.7 Å². The summed E-state index contributed by atoms with van der Waals surface area (Å²) in [6, 6.07) is 5.76. The number of sulfonamides is 1. The summed E-state index contributed by atoms with van der Waals surface area (Å²) in [6.45, 7) is 1.35. The first kappa shape index (κ1) is 14.1. The summed E-state index contributed by atoms with van der Waals surface area (Å²) in [6.07, 6.45) is 0.182.